The van der Waals surface area contributed by atoms with Gasteiger partial charge in [0.05, 0.1) is 18.2 Å². The van der Waals surface area contributed by atoms with Gasteiger partial charge in [-0.15, -0.1) is 0 Å². The summed E-state index contributed by atoms with van der Waals surface area (Å²) < 4.78 is 0. The zero-order valence-electron chi connectivity index (χ0n) is 12.0. The fraction of sp³-hybridized carbons (Fsp3) is 0.412. The molecule has 1 heterocycles. The van der Waals surface area contributed by atoms with E-state index in [4.69, 9.17) is 0 Å². The first-order chi connectivity index (χ1) is 10.3. The average molecular weight is 284 g/mol. The molecule has 4 heteroatoms. The normalized spacial score (nSPS) is 22.0. The van der Waals surface area contributed by atoms with Gasteiger partial charge in [-0.1, -0.05) is 29.8 Å². The maximum Gasteiger partial charge on any atom is 0.251 e. The van der Waals surface area contributed by atoms with Crippen molar-refractivity contribution in [3.8, 4) is 0 Å². The Morgan fingerprint density at radius 3 is 2.71 bits per heavy atom. The van der Waals surface area contributed by atoms with E-state index in [2.05, 4.69) is 11.4 Å². The van der Waals surface area contributed by atoms with Crippen molar-refractivity contribution in [1.82, 2.24) is 5.32 Å². The third kappa shape index (κ3) is 3.05. The fourth-order valence-electron chi connectivity index (χ4n) is 3.01. The number of hydrogen-bond acceptors (Lipinski definition) is 3. The van der Waals surface area contributed by atoms with Crippen LogP contribution in [0.1, 0.15) is 32.1 Å². The second-order valence-electron chi connectivity index (χ2n) is 5.62. The SMILES string of the molecule is O=C1CC(NCCC2=CCCC2)C(=O)N1c1ccccc1. The molecule has 0 spiro atoms. The van der Waals surface area contributed by atoms with Crippen molar-refractivity contribution in [2.45, 2.75) is 38.1 Å². The largest absolute Gasteiger partial charge is 0.305 e. The Balaban J connectivity index is 1.58. The van der Waals surface area contributed by atoms with Gasteiger partial charge in [0.2, 0.25) is 5.91 Å². The molecule has 21 heavy (non-hydrogen) atoms. The van der Waals surface area contributed by atoms with E-state index < -0.39 is 0 Å². The summed E-state index contributed by atoms with van der Waals surface area (Å²) in [6.07, 6.45) is 7.13. The van der Waals surface area contributed by atoms with Gasteiger partial charge >= 0.3 is 0 Å². The van der Waals surface area contributed by atoms with Crippen LogP contribution in [0.5, 0.6) is 0 Å². The average Bonchev–Trinajstić information content (AvgIpc) is 3.09. The zero-order valence-corrected chi connectivity index (χ0v) is 12.0. The highest BCUT2D eigenvalue weighted by Crippen LogP contribution is 2.23. The van der Waals surface area contributed by atoms with Crippen molar-refractivity contribution in [2.24, 2.45) is 0 Å². The first-order valence-electron chi connectivity index (χ1n) is 7.59. The summed E-state index contributed by atoms with van der Waals surface area (Å²) in [5.41, 5.74) is 2.13. The molecular formula is C17H20N2O2. The summed E-state index contributed by atoms with van der Waals surface area (Å²) in [4.78, 5) is 25.7. The number of amides is 2. The number of benzene rings is 1. The third-order valence-corrected chi connectivity index (χ3v) is 4.13. The molecule has 0 bridgehead atoms. The molecule has 1 fully saturated rings. The molecule has 1 atom stereocenters. The van der Waals surface area contributed by atoms with Crippen LogP contribution in [0.25, 0.3) is 0 Å². The van der Waals surface area contributed by atoms with Gasteiger partial charge in [0.1, 0.15) is 0 Å². The summed E-state index contributed by atoms with van der Waals surface area (Å²) in [7, 11) is 0. The van der Waals surface area contributed by atoms with Crippen LogP contribution >= 0.6 is 0 Å². The topological polar surface area (TPSA) is 49.4 Å². The minimum atomic E-state index is -0.375. The Labute approximate surface area is 124 Å². The summed E-state index contributed by atoms with van der Waals surface area (Å²) in [5.74, 6) is -0.254. The van der Waals surface area contributed by atoms with Crippen LogP contribution in [0.15, 0.2) is 42.0 Å². The van der Waals surface area contributed by atoms with E-state index in [0.29, 0.717) is 5.69 Å². The Morgan fingerprint density at radius 2 is 2.00 bits per heavy atom. The fourth-order valence-corrected chi connectivity index (χ4v) is 3.01. The van der Waals surface area contributed by atoms with E-state index in [0.717, 1.165) is 13.0 Å². The first kappa shape index (κ1) is 14.0. The number of nitrogens with one attached hydrogen (secondary N) is 1. The molecule has 110 valence electrons. The maximum absolute atomic E-state index is 12.4. The van der Waals surface area contributed by atoms with E-state index in [1.807, 2.05) is 18.2 Å². The highest BCUT2D eigenvalue weighted by molar-refractivity contribution is 6.22. The van der Waals surface area contributed by atoms with Crippen LogP contribution in [-0.2, 0) is 9.59 Å². The molecule has 1 unspecified atom stereocenters. The lowest BCUT2D eigenvalue weighted by Gasteiger charge is -2.15. The lowest BCUT2D eigenvalue weighted by atomic mass is 10.1. The molecule has 1 aromatic carbocycles. The molecule has 1 aliphatic carbocycles. The number of carbonyl (C=O) groups is 2. The minimum Gasteiger partial charge on any atom is -0.305 e. The number of anilines is 1. The number of para-hydroxylation sites is 1. The second kappa shape index (κ2) is 6.22. The van der Waals surface area contributed by atoms with E-state index in [1.54, 1.807) is 12.1 Å². The van der Waals surface area contributed by atoms with Crippen LogP contribution in [0.4, 0.5) is 5.69 Å². The lowest BCUT2D eigenvalue weighted by Crippen LogP contribution is -2.39. The van der Waals surface area contributed by atoms with Crippen molar-refractivity contribution in [2.75, 3.05) is 11.4 Å². The first-order valence-corrected chi connectivity index (χ1v) is 7.59. The van der Waals surface area contributed by atoms with Gasteiger partial charge in [-0.25, -0.2) is 4.90 Å². The predicted octanol–water partition coefficient (Wildman–Crippen LogP) is 2.41. The Hall–Kier alpha value is -1.94. The van der Waals surface area contributed by atoms with Crippen molar-refractivity contribution >= 4 is 17.5 Å². The van der Waals surface area contributed by atoms with Crippen molar-refractivity contribution in [3.63, 3.8) is 0 Å². The molecule has 0 aromatic heterocycles. The molecule has 4 nitrogen and oxygen atoms in total. The van der Waals surface area contributed by atoms with Gasteiger partial charge in [0.25, 0.3) is 5.91 Å². The van der Waals surface area contributed by atoms with Crippen LogP contribution in [0, 0.1) is 0 Å². The van der Waals surface area contributed by atoms with Gasteiger partial charge < -0.3 is 5.32 Å². The molecular weight excluding hydrogens is 264 g/mol. The Morgan fingerprint density at radius 1 is 1.19 bits per heavy atom. The van der Waals surface area contributed by atoms with Crippen LogP contribution in [0.2, 0.25) is 0 Å². The highest BCUT2D eigenvalue weighted by atomic mass is 16.2. The predicted molar refractivity (Wildman–Crippen MR) is 81.9 cm³/mol. The Kier molecular flexibility index (Phi) is 4.15. The number of hydrogen-bond donors (Lipinski definition) is 1. The summed E-state index contributed by atoms with van der Waals surface area (Å²) >= 11 is 0. The van der Waals surface area contributed by atoms with Crippen LogP contribution in [0.3, 0.4) is 0 Å². The Bertz CT molecular complexity index is 565. The number of rotatable bonds is 5. The molecule has 2 amide bonds. The van der Waals surface area contributed by atoms with Gasteiger partial charge in [0.15, 0.2) is 0 Å². The van der Waals surface area contributed by atoms with E-state index in [9.17, 15) is 9.59 Å². The monoisotopic (exact) mass is 284 g/mol. The zero-order chi connectivity index (χ0) is 14.7. The number of nitrogens with zero attached hydrogens (tertiary/aromatic N) is 1. The van der Waals surface area contributed by atoms with Crippen molar-refractivity contribution in [1.29, 1.82) is 0 Å². The summed E-state index contributed by atoms with van der Waals surface area (Å²) in [6, 6.07) is 8.76. The smallest absolute Gasteiger partial charge is 0.251 e. The molecule has 1 aromatic rings. The molecule has 1 aliphatic heterocycles. The molecule has 1 saturated heterocycles. The molecule has 0 saturated carbocycles. The van der Waals surface area contributed by atoms with E-state index in [-0.39, 0.29) is 24.3 Å². The number of allylic oxidation sites excluding steroid dienone is 1. The number of imide groups is 1. The molecule has 2 aliphatic rings. The summed E-state index contributed by atoms with van der Waals surface area (Å²) in [6.45, 7) is 0.762. The molecule has 0 radical (unpaired) electrons. The maximum atomic E-state index is 12.4. The number of carbonyl (C=O) groups excluding carboxylic acids is 2. The van der Waals surface area contributed by atoms with Crippen molar-refractivity contribution in [3.05, 3.63) is 42.0 Å². The van der Waals surface area contributed by atoms with Crippen molar-refractivity contribution < 1.29 is 9.59 Å². The lowest BCUT2D eigenvalue weighted by molar-refractivity contribution is -0.121. The van der Waals surface area contributed by atoms with Gasteiger partial charge in [-0.05, 0) is 44.4 Å². The van der Waals surface area contributed by atoms with Gasteiger partial charge in [-0.3, -0.25) is 9.59 Å². The molecule has 1 N–H and O–H groups in total. The highest BCUT2D eigenvalue weighted by Gasteiger charge is 2.38. The standard InChI is InChI=1S/C17H20N2O2/c20-16-12-15(18-11-10-13-6-4-5-7-13)17(21)19(16)14-8-2-1-3-9-14/h1-3,6,8-9,15,18H,4-5,7,10-12H2. The van der Waals surface area contributed by atoms with Gasteiger partial charge in [0, 0.05) is 0 Å². The van der Waals surface area contributed by atoms with E-state index in [1.165, 1.54) is 29.7 Å². The minimum absolute atomic E-state index is 0.121. The van der Waals surface area contributed by atoms with E-state index >= 15 is 0 Å². The van der Waals surface area contributed by atoms with Crippen LogP contribution < -0.4 is 10.2 Å². The summed E-state index contributed by atoms with van der Waals surface area (Å²) in [5, 5.41) is 3.24. The quantitative estimate of drug-likeness (QED) is 0.667. The third-order valence-electron chi connectivity index (χ3n) is 4.13. The second-order valence-corrected chi connectivity index (χ2v) is 5.62. The molecule has 3 rings (SSSR count). The van der Waals surface area contributed by atoms with Crippen LogP contribution in [-0.4, -0.2) is 24.4 Å². The van der Waals surface area contributed by atoms with Gasteiger partial charge in [-0.2, -0.15) is 0 Å².